The fourth-order valence-corrected chi connectivity index (χ4v) is 4.69. The summed E-state index contributed by atoms with van der Waals surface area (Å²) < 4.78 is 7.72. The molecule has 2 aromatic carbocycles. The number of carbonyl (C=O) groups is 2. The second-order valence-corrected chi connectivity index (χ2v) is 9.30. The van der Waals surface area contributed by atoms with Gasteiger partial charge >= 0.3 is 0 Å². The van der Waals surface area contributed by atoms with E-state index < -0.39 is 11.7 Å². The van der Waals surface area contributed by atoms with Crippen LogP contribution in [0.1, 0.15) is 41.2 Å². The van der Waals surface area contributed by atoms with Crippen LogP contribution in [0.25, 0.3) is 22.6 Å². The highest BCUT2D eigenvalue weighted by molar-refractivity contribution is 6.47. The Kier molecular flexibility index (Phi) is 6.82. The zero-order valence-corrected chi connectivity index (χ0v) is 20.7. The third-order valence-electron chi connectivity index (χ3n) is 6.75. The number of carbonyl (C=O) groups excluding carboxylic acids is 2. The average Bonchev–Trinajstić information content (AvgIpc) is 3.49. The number of hydrogen-bond donors (Lipinski definition) is 1. The summed E-state index contributed by atoms with van der Waals surface area (Å²) in [4.78, 5) is 32.9. The number of nitrogens with zero attached hydrogens (tertiary/aromatic N) is 3. The molecule has 0 spiro atoms. The average molecular weight is 483 g/mol. The molecular weight excluding hydrogens is 452 g/mol. The van der Waals surface area contributed by atoms with Gasteiger partial charge in [0.1, 0.15) is 11.5 Å². The highest BCUT2D eigenvalue weighted by atomic mass is 16.4. The van der Waals surface area contributed by atoms with E-state index in [0.29, 0.717) is 17.3 Å². The van der Waals surface area contributed by atoms with Crippen molar-refractivity contribution in [1.29, 1.82) is 0 Å². The molecule has 5 rings (SSSR count). The van der Waals surface area contributed by atoms with Gasteiger partial charge in [0.05, 0.1) is 12.7 Å². The minimum atomic E-state index is -0.680. The largest absolute Gasteiger partial charge is 0.440 e. The van der Waals surface area contributed by atoms with Crippen LogP contribution in [0, 0.1) is 6.92 Å². The van der Waals surface area contributed by atoms with Gasteiger partial charge in [0, 0.05) is 29.6 Å². The van der Waals surface area contributed by atoms with E-state index in [-0.39, 0.29) is 0 Å². The zero-order valence-electron chi connectivity index (χ0n) is 20.7. The number of amides is 1. The zero-order chi connectivity index (χ0) is 25.1. The number of Topliss-reactive ketones (excluding diaryl/α,β-unsaturated/α-hetero) is 1. The molecule has 1 N–H and O–H groups in total. The fraction of sp³-hybridized carbons (Fsp3) is 0.276. The van der Waals surface area contributed by atoms with Gasteiger partial charge < -0.3 is 14.3 Å². The highest BCUT2D eigenvalue weighted by Gasteiger charge is 2.25. The monoisotopic (exact) mass is 482 g/mol. The molecule has 0 aliphatic carbocycles. The van der Waals surface area contributed by atoms with E-state index >= 15 is 0 Å². The quantitative estimate of drug-likeness (QED) is 0.279. The molecule has 1 saturated heterocycles. The molecule has 1 aliphatic heterocycles. The second kappa shape index (κ2) is 10.3. The standard InChI is InChI=1S/C29H30N4O3/c1-20-17-25(21-9-5-3-6-10-21)26(32(20)2)27(34)28(35)31-23-13-11-22(12-14-23)29-30-18-24(36-29)19-33-15-7-4-8-16-33/h3,5-6,9-14,17-18H,4,7-8,15-16,19H2,1-2H3,(H,31,35). The number of aromatic nitrogens is 2. The third-order valence-corrected chi connectivity index (χ3v) is 6.75. The Bertz CT molecular complexity index is 1360. The summed E-state index contributed by atoms with van der Waals surface area (Å²) in [5.41, 5.74) is 4.26. The van der Waals surface area contributed by atoms with Gasteiger partial charge in [0.25, 0.3) is 11.7 Å². The molecule has 4 aromatic rings. The molecule has 7 nitrogen and oxygen atoms in total. The van der Waals surface area contributed by atoms with Crippen molar-refractivity contribution in [2.75, 3.05) is 18.4 Å². The first-order chi connectivity index (χ1) is 17.5. The molecule has 0 saturated carbocycles. The number of benzene rings is 2. The predicted molar refractivity (Wildman–Crippen MR) is 140 cm³/mol. The van der Waals surface area contributed by atoms with Crippen LogP contribution < -0.4 is 5.32 Å². The summed E-state index contributed by atoms with van der Waals surface area (Å²) in [6, 6.07) is 18.7. The molecule has 0 unspecified atom stereocenters. The van der Waals surface area contributed by atoms with Crippen molar-refractivity contribution in [1.82, 2.24) is 14.5 Å². The van der Waals surface area contributed by atoms with Crippen molar-refractivity contribution in [3.8, 4) is 22.6 Å². The number of likely N-dealkylation sites (tertiary alicyclic amines) is 1. The Morgan fingerprint density at radius 3 is 2.42 bits per heavy atom. The van der Waals surface area contributed by atoms with E-state index in [4.69, 9.17) is 4.42 Å². The lowest BCUT2D eigenvalue weighted by Crippen LogP contribution is -2.28. The number of rotatable bonds is 7. The van der Waals surface area contributed by atoms with Crippen molar-refractivity contribution >= 4 is 17.4 Å². The van der Waals surface area contributed by atoms with Crippen LogP contribution in [0.3, 0.4) is 0 Å². The number of piperidine rings is 1. The minimum absolute atomic E-state index is 0.369. The van der Waals surface area contributed by atoms with Crippen molar-refractivity contribution in [2.45, 2.75) is 32.7 Å². The molecule has 1 aliphatic rings. The van der Waals surface area contributed by atoms with Crippen LogP contribution in [0.15, 0.2) is 71.3 Å². The Labute approximate surface area is 210 Å². The summed E-state index contributed by atoms with van der Waals surface area (Å²) in [7, 11) is 1.80. The predicted octanol–water partition coefficient (Wildman–Crippen LogP) is 5.46. The Morgan fingerprint density at radius 2 is 1.69 bits per heavy atom. The molecule has 0 radical (unpaired) electrons. The van der Waals surface area contributed by atoms with E-state index in [0.717, 1.165) is 47.8 Å². The van der Waals surface area contributed by atoms with E-state index in [9.17, 15) is 9.59 Å². The van der Waals surface area contributed by atoms with Gasteiger partial charge in [-0.05, 0) is 68.8 Å². The lowest BCUT2D eigenvalue weighted by Gasteiger charge is -2.24. The number of anilines is 1. The maximum absolute atomic E-state index is 13.2. The van der Waals surface area contributed by atoms with Gasteiger partial charge in [-0.25, -0.2) is 4.98 Å². The van der Waals surface area contributed by atoms with Gasteiger partial charge in [-0.15, -0.1) is 0 Å². The topological polar surface area (TPSA) is 80.4 Å². The molecular formula is C29H30N4O3. The summed E-state index contributed by atoms with van der Waals surface area (Å²) in [6.07, 6.45) is 5.54. The van der Waals surface area contributed by atoms with Crippen LogP contribution in [-0.2, 0) is 18.4 Å². The van der Waals surface area contributed by atoms with Gasteiger partial charge in [0.2, 0.25) is 5.89 Å². The number of oxazole rings is 1. The van der Waals surface area contributed by atoms with Gasteiger partial charge in [-0.1, -0.05) is 36.8 Å². The van der Waals surface area contributed by atoms with Crippen LogP contribution in [0.5, 0.6) is 0 Å². The van der Waals surface area contributed by atoms with Gasteiger partial charge in [-0.3, -0.25) is 14.5 Å². The number of hydrogen-bond acceptors (Lipinski definition) is 5. The van der Waals surface area contributed by atoms with Crippen LogP contribution in [0.4, 0.5) is 5.69 Å². The molecule has 0 atom stereocenters. The first kappa shape index (κ1) is 23.8. The van der Waals surface area contributed by atoms with Crippen LogP contribution in [0.2, 0.25) is 0 Å². The second-order valence-electron chi connectivity index (χ2n) is 9.30. The van der Waals surface area contributed by atoms with Crippen molar-refractivity contribution < 1.29 is 14.0 Å². The SMILES string of the molecule is Cc1cc(-c2ccccc2)c(C(=O)C(=O)Nc2ccc(-c3ncc(CN4CCCCC4)o3)cc2)n1C. The number of ketones is 1. The summed E-state index contributed by atoms with van der Waals surface area (Å²) in [5, 5.41) is 2.73. The molecule has 184 valence electrons. The first-order valence-electron chi connectivity index (χ1n) is 12.3. The number of aryl methyl sites for hydroxylation is 1. The molecule has 7 heteroatoms. The van der Waals surface area contributed by atoms with Crippen molar-refractivity contribution in [3.05, 3.63) is 84.0 Å². The van der Waals surface area contributed by atoms with E-state index in [1.165, 1.54) is 19.3 Å². The molecule has 36 heavy (non-hydrogen) atoms. The van der Waals surface area contributed by atoms with Crippen molar-refractivity contribution in [3.63, 3.8) is 0 Å². The smallest absolute Gasteiger partial charge is 0.298 e. The first-order valence-corrected chi connectivity index (χ1v) is 12.3. The Morgan fingerprint density at radius 1 is 0.972 bits per heavy atom. The van der Waals surface area contributed by atoms with Gasteiger partial charge in [-0.2, -0.15) is 0 Å². The molecule has 1 fully saturated rings. The molecule has 2 aromatic heterocycles. The lowest BCUT2D eigenvalue weighted by atomic mass is 10.0. The van der Waals surface area contributed by atoms with E-state index in [1.807, 2.05) is 55.5 Å². The third kappa shape index (κ3) is 5.02. The minimum Gasteiger partial charge on any atom is -0.440 e. The van der Waals surface area contributed by atoms with Crippen LogP contribution in [-0.4, -0.2) is 39.2 Å². The molecule has 3 heterocycles. The molecule has 1 amide bonds. The fourth-order valence-electron chi connectivity index (χ4n) is 4.69. The van der Waals surface area contributed by atoms with E-state index in [2.05, 4.69) is 15.2 Å². The maximum atomic E-state index is 13.2. The van der Waals surface area contributed by atoms with Crippen LogP contribution >= 0.6 is 0 Å². The normalized spacial score (nSPS) is 14.1. The highest BCUT2D eigenvalue weighted by Crippen LogP contribution is 2.28. The van der Waals surface area contributed by atoms with E-state index in [1.54, 1.807) is 29.9 Å². The summed E-state index contributed by atoms with van der Waals surface area (Å²) in [5.74, 6) is 0.134. The Hall–Kier alpha value is -3.97. The molecule has 0 bridgehead atoms. The number of nitrogens with one attached hydrogen (secondary N) is 1. The Balaban J connectivity index is 1.27. The van der Waals surface area contributed by atoms with Crippen molar-refractivity contribution in [2.24, 2.45) is 7.05 Å². The van der Waals surface area contributed by atoms with Gasteiger partial charge in [0.15, 0.2) is 0 Å². The lowest BCUT2D eigenvalue weighted by molar-refractivity contribution is -0.112. The summed E-state index contributed by atoms with van der Waals surface area (Å²) >= 11 is 0. The maximum Gasteiger partial charge on any atom is 0.298 e. The summed E-state index contributed by atoms with van der Waals surface area (Å²) in [6.45, 7) is 4.88.